The van der Waals surface area contributed by atoms with Crippen molar-refractivity contribution in [2.75, 3.05) is 5.73 Å². The normalized spacial score (nSPS) is 13.4. The third-order valence-electron chi connectivity index (χ3n) is 2.64. The number of hydrogen-bond acceptors (Lipinski definition) is 4. The standard InChI is InChI=1S/C12H13FN2O2S2/c1-8(9-5-6-18-7-9)15-19(16,17)12-10(13)3-2-4-11(12)14/h2-8,15H,14H2,1H3. The maximum Gasteiger partial charge on any atom is 0.246 e. The van der Waals surface area contributed by atoms with E-state index < -0.39 is 26.8 Å². The number of sulfonamides is 1. The molecule has 0 saturated carbocycles. The summed E-state index contributed by atoms with van der Waals surface area (Å²) in [5, 5.41) is 3.68. The van der Waals surface area contributed by atoms with Crippen LogP contribution in [0.15, 0.2) is 39.9 Å². The van der Waals surface area contributed by atoms with Gasteiger partial charge in [0.15, 0.2) is 0 Å². The lowest BCUT2D eigenvalue weighted by atomic mass is 10.2. The molecule has 0 spiro atoms. The molecule has 3 N–H and O–H groups in total. The average molecular weight is 300 g/mol. The molecule has 19 heavy (non-hydrogen) atoms. The molecule has 0 fully saturated rings. The first-order valence-corrected chi connectivity index (χ1v) is 7.93. The molecule has 0 aliphatic rings. The molecule has 0 amide bonds. The summed E-state index contributed by atoms with van der Waals surface area (Å²) in [4.78, 5) is -0.503. The van der Waals surface area contributed by atoms with E-state index in [0.29, 0.717) is 0 Å². The fourth-order valence-corrected chi connectivity index (χ4v) is 3.87. The SMILES string of the molecule is CC(NS(=O)(=O)c1c(N)cccc1F)c1ccsc1. The van der Waals surface area contributed by atoms with E-state index in [1.165, 1.54) is 23.5 Å². The van der Waals surface area contributed by atoms with Gasteiger partial charge in [0.25, 0.3) is 0 Å². The van der Waals surface area contributed by atoms with Crippen molar-refractivity contribution in [3.05, 3.63) is 46.4 Å². The first-order valence-electron chi connectivity index (χ1n) is 5.50. The molecule has 1 heterocycles. The first kappa shape index (κ1) is 14.0. The minimum Gasteiger partial charge on any atom is -0.398 e. The van der Waals surface area contributed by atoms with E-state index in [9.17, 15) is 12.8 Å². The Morgan fingerprint density at radius 2 is 2.11 bits per heavy atom. The maximum atomic E-state index is 13.6. The minimum absolute atomic E-state index is 0.106. The molecule has 2 rings (SSSR count). The van der Waals surface area contributed by atoms with Crippen LogP contribution < -0.4 is 10.5 Å². The molecule has 4 nitrogen and oxygen atoms in total. The van der Waals surface area contributed by atoms with Crippen LogP contribution in [-0.2, 0) is 10.0 Å². The number of halogens is 1. The number of hydrogen-bond donors (Lipinski definition) is 2. The van der Waals surface area contributed by atoms with E-state index >= 15 is 0 Å². The molecule has 1 aromatic carbocycles. The molecular formula is C12H13FN2O2S2. The van der Waals surface area contributed by atoms with Crippen molar-refractivity contribution in [3.8, 4) is 0 Å². The third-order valence-corrected chi connectivity index (χ3v) is 4.97. The van der Waals surface area contributed by atoms with Crippen LogP contribution in [0.1, 0.15) is 18.5 Å². The fourth-order valence-electron chi connectivity index (χ4n) is 1.69. The summed E-state index contributed by atoms with van der Waals surface area (Å²) in [7, 11) is -3.99. The Hall–Kier alpha value is -1.44. The molecule has 0 bridgehead atoms. The highest BCUT2D eigenvalue weighted by atomic mass is 32.2. The molecule has 102 valence electrons. The highest BCUT2D eigenvalue weighted by molar-refractivity contribution is 7.89. The van der Waals surface area contributed by atoms with Crippen molar-refractivity contribution < 1.29 is 12.8 Å². The van der Waals surface area contributed by atoms with Gasteiger partial charge >= 0.3 is 0 Å². The van der Waals surface area contributed by atoms with Gasteiger partial charge in [-0.1, -0.05) is 6.07 Å². The number of benzene rings is 1. The summed E-state index contributed by atoms with van der Waals surface area (Å²) in [6.45, 7) is 1.69. The molecule has 0 radical (unpaired) electrons. The topological polar surface area (TPSA) is 72.2 Å². The number of nitrogens with two attached hydrogens (primary N) is 1. The smallest absolute Gasteiger partial charge is 0.246 e. The van der Waals surface area contributed by atoms with E-state index in [4.69, 9.17) is 5.73 Å². The zero-order valence-electron chi connectivity index (χ0n) is 10.1. The molecule has 0 aliphatic carbocycles. The lowest BCUT2D eigenvalue weighted by molar-refractivity contribution is 0.548. The van der Waals surface area contributed by atoms with Gasteiger partial charge in [-0.05, 0) is 41.4 Å². The van der Waals surface area contributed by atoms with Crippen molar-refractivity contribution in [2.45, 2.75) is 17.9 Å². The molecule has 1 aromatic heterocycles. The van der Waals surface area contributed by atoms with Crippen LogP contribution in [0.4, 0.5) is 10.1 Å². The van der Waals surface area contributed by atoms with Crippen LogP contribution in [0.2, 0.25) is 0 Å². The van der Waals surface area contributed by atoms with Crippen LogP contribution in [0.3, 0.4) is 0 Å². The third kappa shape index (κ3) is 2.94. The first-order chi connectivity index (χ1) is 8.92. The Morgan fingerprint density at radius 3 is 2.68 bits per heavy atom. The van der Waals surface area contributed by atoms with Crippen molar-refractivity contribution >= 4 is 27.0 Å². The van der Waals surface area contributed by atoms with Gasteiger partial charge in [-0.2, -0.15) is 11.3 Å². The lowest BCUT2D eigenvalue weighted by Gasteiger charge is -2.14. The highest BCUT2D eigenvalue weighted by Crippen LogP contribution is 2.24. The number of thiophene rings is 1. The van der Waals surface area contributed by atoms with E-state index in [1.54, 1.807) is 6.92 Å². The quantitative estimate of drug-likeness (QED) is 0.852. The van der Waals surface area contributed by atoms with Crippen molar-refractivity contribution in [2.24, 2.45) is 0 Å². The van der Waals surface area contributed by atoms with Gasteiger partial charge < -0.3 is 5.73 Å². The summed E-state index contributed by atoms with van der Waals surface area (Å²) in [5.41, 5.74) is 6.26. The fraction of sp³-hybridized carbons (Fsp3) is 0.167. The number of nitrogens with one attached hydrogen (secondary N) is 1. The molecule has 2 aromatic rings. The van der Waals surface area contributed by atoms with Gasteiger partial charge in [0, 0.05) is 6.04 Å². The summed E-state index contributed by atoms with van der Waals surface area (Å²) >= 11 is 1.46. The molecule has 7 heteroatoms. The minimum atomic E-state index is -3.99. The predicted octanol–water partition coefficient (Wildman–Crippen LogP) is 2.51. The summed E-state index contributed by atoms with van der Waals surface area (Å²) in [5.74, 6) is -0.856. The van der Waals surface area contributed by atoms with E-state index in [1.807, 2.05) is 16.8 Å². The number of nitrogen functional groups attached to an aromatic ring is 1. The average Bonchev–Trinajstić information content (AvgIpc) is 2.80. The summed E-state index contributed by atoms with van der Waals surface area (Å²) < 4.78 is 40.4. The second-order valence-electron chi connectivity index (χ2n) is 4.06. The van der Waals surface area contributed by atoms with Gasteiger partial charge in [-0.25, -0.2) is 17.5 Å². The molecular weight excluding hydrogens is 287 g/mol. The highest BCUT2D eigenvalue weighted by Gasteiger charge is 2.24. The Morgan fingerprint density at radius 1 is 1.37 bits per heavy atom. The van der Waals surface area contributed by atoms with Crippen molar-refractivity contribution in [1.29, 1.82) is 0 Å². The number of anilines is 1. The molecule has 0 aliphatic heterocycles. The van der Waals surface area contributed by atoms with Crippen LogP contribution in [0.25, 0.3) is 0 Å². The van der Waals surface area contributed by atoms with Gasteiger partial charge in [-0.3, -0.25) is 0 Å². The van der Waals surface area contributed by atoms with Crippen LogP contribution >= 0.6 is 11.3 Å². The summed E-state index contributed by atoms with van der Waals surface area (Å²) in [6.07, 6.45) is 0. The van der Waals surface area contributed by atoms with Gasteiger partial charge in [-0.15, -0.1) is 0 Å². The zero-order chi connectivity index (χ0) is 14.0. The Balaban J connectivity index is 2.33. The van der Waals surface area contributed by atoms with Gasteiger partial charge in [0.05, 0.1) is 5.69 Å². The summed E-state index contributed by atoms with van der Waals surface area (Å²) in [6, 6.07) is 5.15. The van der Waals surface area contributed by atoms with Crippen LogP contribution in [-0.4, -0.2) is 8.42 Å². The largest absolute Gasteiger partial charge is 0.398 e. The Bertz CT molecular complexity index is 649. The van der Waals surface area contributed by atoms with Crippen molar-refractivity contribution in [1.82, 2.24) is 4.72 Å². The van der Waals surface area contributed by atoms with E-state index in [0.717, 1.165) is 11.6 Å². The van der Waals surface area contributed by atoms with Gasteiger partial charge in [0.2, 0.25) is 10.0 Å². The number of rotatable bonds is 4. The second-order valence-corrected chi connectivity index (χ2v) is 6.49. The van der Waals surface area contributed by atoms with Crippen molar-refractivity contribution in [3.63, 3.8) is 0 Å². The lowest BCUT2D eigenvalue weighted by Crippen LogP contribution is -2.28. The molecule has 0 saturated heterocycles. The predicted molar refractivity (Wildman–Crippen MR) is 73.9 cm³/mol. The molecule has 1 atom stereocenters. The van der Waals surface area contributed by atoms with Crippen LogP contribution in [0.5, 0.6) is 0 Å². The van der Waals surface area contributed by atoms with Crippen LogP contribution in [0, 0.1) is 5.82 Å². The van der Waals surface area contributed by atoms with E-state index in [2.05, 4.69) is 4.72 Å². The monoisotopic (exact) mass is 300 g/mol. The maximum absolute atomic E-state index is 13.6. The Kier molecular flexibility index (Phi) is 3.88. The zero-order valence-corrected chi connectivity index (χ0v) is 11.8. The van der Waals surface area contributed by atoms with Gasteiger partial charge in [0.1, 0.15) is 10.7 Å². The Labute approximate surface area is 115 Å². The second kappa shape index (κ2) is 5.28. The molecule has 1 unspecified atom stereocenters. The van der Waals surface area contributed by atoms with E-state index in [-0.39, 0.29) is 5.69 Å².